The van der Waals surface area contributed by atoms with Gasteiger partial charge in [0, 0.05) is 22.2 Å². The number of aromatic nitrogens is 2. The number of fused-ring (bicyclic) bond motifs is 1. The van der Waals surface area contributed by atoms with Gasteiger partial charge in [-0.15, -0.1) is 11.3 Å². The topological polar surface area (TPSA) is 92.9 Å². The average molecular weight is 465 g/mol. The first-order valence-electron chi connectivity index (χ1n) is 8.86. The summed E-state index contributed by atoms with van der Waals surface area (Å²) in [6.07, 6.45) is -3.41. The summed E-state index contributed by atoms with van der Waals surface area (Å²) in [6.45, 7) is 0. The second-order valence-electron chi connectivity index (χ2n) is 6.55. The van der Waals surface area contributed by atoms with Crippen LogP contribution in [0.3, 0.4) is 0 Å². The number of hydrogen-bond acceptors (Lipinski definition) is 5. The van der Waals surface area contributed by atoms with E-state index in [4.69, 9.17) is 5.73 Å². The number of nitrogens with two attached hydrogens (primary N) is 1. The molecule has 6 nitrogen and oxygen atoms in total. The van der Waals surface area contributed by atoms with Gasteiger partial charge in [0.2, 0.25) is 0 Å². The summed E-state index contributed by atoms with van der Waals surface area (Å²) in [4.78, 5) is 20.7. The number of alkyl halides is 3. The third kappa shape index (κ3) is 4.17. The molecule has 4 N–H and O–H groups in total. The summed E-state index contributed by atoms with van der Waals surface area (Å²) in [6, 6.07) is 4.35. The number of nitrogens with one attached hydrogen (secondary N) is 2. The predicted molar refractivity (Wildman–Crippen MR) is 111 cm³/mol. The number of rotatable bonds is 3. The van der Waals surface area contributed by atoms with Crippen molar-refractivity contribution in [1.82, 2.24) is 9.97 Å². The smallest absolute Gasteiger partial charge is 0.383 e. The van der Waals surface area contributed by atoms with Crippen LogP contribution in [0.1, 0.15) is 5.56 Å². The first-order chi connectivity index (χ1) is 15.1. The second kappa shape index (κ2) is 8.04. The Bertz CT molecular complexity index is 1340. The Morgan fingerprint density at radius 2 is 1.75 bits per heavy atom. The minimum Gasteiger partial charge on any atom is -0.383 e. The Labute approximate surface area is 180 Å². The number of anilines is 3. The summed E-state index contributed by atoms with van der Waals surface area (Å²) in [7, 11) is 0. The first-order valence-corrected chi connectivity index (χ1v) is 9.74. The molecule has 164 valence electrons. The van der Waals surface area contributed by atoms with Crippen molar-refractivity contribution in [3.63, 3.8) is 0 Å². The standard InChI is InChI=1S/C20H12F5N5OS/c21-13-4-1-9(20(23,24)25)5-15(13)30-19(31)29-10-2-3-11(14(22)6-10)12-7-32-18-16(12)17(26)27-8-28-18/h1-8H,(H2,26,27,28)(H2,29,30,31). The summed E-state index contributed by atoms with van der Waals surface area (Å²) in [5, 5.41) is 6.40. The SMILES string of the molecule is Nc1ncnc2scc(-c3ccc(NC(=O)Nc4cc(C(F)(F)F)ccc4F)cc3F)c12. The van der Waals surface area contributed by atoms with Gasteiger partial charge in [0.05, 0.1) is 16.6 Å². The molecule has 2 aromatic heterocycles. The second-order valence-corrected chi connectivity index (χ2v) is 7.41. The van der Waals surface area contributed by atoms with E-state index in [1.165, 1.54) is 29.8 Å². The number of nitrogens with zero attached hydrogens (tertiary/aromatic N) is 2. The highest BCUT2D eigenvalue weighted by molar-refractivity contribution is 7.17. The minimum atomic E-state index is -4.71. The van der Waals surface area contributed by atoms with Crippen molar-refractivity contribution in [2.24, 2.45) is 0 Å². The van der Waals surface area contributed by atoms with Gasteiger partial charge in [0.1, 0.15) is 28.6 Å². The third-order valence-corrected chi connectivity index (χ3v) is 5.34. The van der Waals surface area contributed by atoms with Crippen LogP contribution in [-0.4, -0.2) is 16.0 Å². The molecular formula is C20H12F5N5OS. The molecule has 2 amide bonds. The molecule has 0 radical (unpaired) electrons. The van der Waals surface area contributed by atoms with E-state index in [1.807, 2.05) is 5.32 Å². The zero-order valence-corrected chi connectivity index (χ0v) is 16.6. The molecular weight excluding hydrogens is 453 g/mol. The van der Waals surface area contributed by atoms with Crippen LogP contribution in [0.15, 0.2) is 48.1 Å². The van der Waals surface area contributed by atoms with Gasteiger partial charge in [-0.25, -0.2) is 23.5 Å². The fourth-order valence-corrected chi connectivity index (χ4v) is 3.90. The lowest BCUT2D eigenvalue weighted by molar-refractivity contribution is -0.137. The van der Waals surface area contributed by atoms with Crippen molar-refractivity contribution >= 4 is 44.8 Å². The van der Waals surface area contributed by atoms with E-state index in [1.54, 1.807) is 5.38 Å². The molecule has 0 aliphatic rings. The van der Waals surface area contributed by atoms with Crippen LogP contribution in [0.2, 0.25) is 0 Å². The maximum atomic E-state index is 14.8. The average Bonchev–Trinajstić information content (AvgIpc) is 3.14. The molecule has 32 heavy (non-hydrogen) atoms. The summed E-state index contributed by atoms with van der Waals surface area (Å²) in [5.41, 5.74) is 4.74. The van der Waals surface area contributed by atoms with E-state index in [0.29, 0.717) is 34.0 Å². The number of amides is 2. The molecule has 2 aromatic carbocycles. The lowest BCUT2D eigenvalue weighted by Crippen LogP contribution is -2.20. The van der Waals surface area contributed by atoms with E-state index >= 15 is 0 Å². The molecule has 0 spiro atoms. The van der Waals surface area contributed by atoms with Crippen molar-refractivity contribution in [2.45, 2.75) is 6.18 Å². The fourth-order valence-electron chi connectivity index (χ4n) is 2.99. The number of halogens is 5. The number of thiophene rings is 1. The van der Waals surface area contributed by atoms with E-state index < -0.39 is 35.1 Å². The third-order valence-electron chi connectivity index (χ3n) is 4.46. The molecule has 4 rings (SSSR count). The zero-order chi connectivity index (χ0) is 23.0. The molecule has 2 heterocycles. The van der Waals surface area contributed by atoms with Crippen LogP contribution in [0.4, 0.5) is 43.9 Å². The summed E-state index contributed by atoms with van der Waals surface area (Å²) in [5.74, 6) is -1.56. The van der Waals surface area contributed by atoms with Gasteiger partial charge in [-0.05, 0) is 36.4 Å². The van der Waals surface area contributed by atoms with Gasteiger partial charge in [-0.3, -0.25) is 0 Å². The van der Waals surface area contributed by atoms with Crippen molar-refractivity contribution in [3.05, 3.63) is 65.3 Å². The normalized spacial score (nSPS) is 11.5. The Kier molecular flexibility index (Phi) is 5.38. The Balaban J connectivity index is 1.55. The summed E-state index contributed by atoms with van der Waals surface area (Å²) < 4.78 is 67.0. The van der Waals surface area contributed by atoms with Crippen LogP contribution in [0.25, 0.3) is 21.3 Å². The highest BCUT2D eigenvalue weighted by Crippen LogP contribution is 2.37. The van der Waals surface area contributed by atoms with Crippen LogP contribution in [-0.2, 0) is 6.18 Å². The van der Waals surface area contributed by atoms with E-state index in [2.05, 4.69) is 15.3 Å². The lowest BCUT2D eigenvalue weighted by atomic mass is 10.0. The van der Waals surface area contributed by atoms with Gasteiger partial charge in [0.15, 0.2) is 0 Å². The Morgan fingerprint density at radius 1 is 0.969 bits per heavy atom. The van der Waals surface area contributed by atoms with Crippen LogP contribution in [0.5, 0.6) is 0 Å². The zero-order valence-electron chi connectivity index (χ0n) is 15.8. The first kappa shape index (κ1) is 21.4. The van der Waals surface area contributed by atoms with Gasteiger partial charge >= 0.3 is 12.2 Å². The maximum Gasteiger partial charge on any atom is 0.416 e. The van der Waals surface area contributed by atoms with Gasteiger partial charge in [-0.2, -0.15) is 13.2 Å². The molecule has 0 aliphatic carbocycles. The molecule has 4 aromatic rings. The Hall–Kier alpha value is -3.80. The van der Waals surface area contributed by atoms with Gasteiger partial charge in [0.25, 0.3) is 0 Å². The van der Waals surface area contributed by atoms with E-state index in [9.17, 15) is 26.7 Å². The molecule has 0 saturated heterocycles. The monoisotopic (exact) mass is 465 g/mol. The van der Waals surface area contributed by atoms with Crippen molar-refractivity contribution in [2.75, 3.05) is 16.4 Å². The number of benzene rings is 2. The molecule has 12 heteroatoms. The number of urea groups is 1. The van der Waals surface area contributed by atoms with Crippen LogP contribution in [0, 0.1) is 11.6 Å². The molecule has 0 unspecified atom stereocenters. The van der Waals surface area contributed by atoms with Gasteiger partial charge < -0.3 is 16.4 Å². The number of nitrogen functional groups attached to an aromatic ring is 1. The summed E-state index contributed by atoms with van der Waals surface area (Å²) >= 11 is 1.26. The van der Waals surface area contributed by atoms with Crippen molar-refractivity contribution in [3.8, 4) is 11.1 Å². The molecule has 0 saturated carbocycles. The lowest BCUT2D eigenvalue weighted by Gasteiger charge is -2.12. The largest absolute Gasteiger partial charge is 0.416 e. The van der Waals surface area contributed by atoms with Crippen LogP contribution < -0.4 is 16.4 Å². The van der Waals surface area contributed by atoms with Crippen LogP contribution >= 0.6 is 11.3 Å². The Morgan fingerprint density at radius 3 is 2.47 bits per heavy atom. The molecule has 0 atom stereocenters. The fraction of sp³-hybridized carbons (Fsp3) is 0.0500. The number of carbonyl (C=O) groups is 1. The quantitative estimate of drug-likeness (QED) is 0.330. The predicted octanol–water partition coefficient (Wildman–Crippen LogP) is 5.88. The molecule has 0 bridgehead atoms. The molecule has 0 aliphatic heterocycles. The number of hydrogen-bond donors (Lipinski definition) is 3. The van der Waals surface area contributed by atoms with Crippen molar-refractivity contribution in [1.29, 1.82) is 0 Å². The van der Waals surface area contributed by atoms with Crippen molar-refractivity contribution < 1.29 is 26.7 Å². The van der Waals surface area contributed by atoms with E-state index in [-0.39, 0.29) is 17.1 Å². The maximum absolute atomic E-state index is 14.8. The number of carbonyl (C=O) groups excluding carboxylic acids is 1. The van der Waals surface area contributed by atoms with E-state index in [0.717, 1.165) is 6.07 Å². The highest BCUT2D eigenvalue weighted by Gasteiger charge is 2.31. The minimum absolute atomic E-state index is 0.000101. The van der Waals surface area contributed by atoms with Gasteiger partial charge in [-0.1, -0.05) is 0 Å². The highest BCUT2D eigenvalue weighted by atomic mass is 32.1. The molecule has 0 fully saturated rings.